The van der Waals surface area contributed by atoms with Crippen LogP contribution in [0.2, 0.25) is 0 Å². The quantitative estimate of drug-likeness (QED) is 0.761. The summed E-state index contributed by atoms with van der Waals surface area (Å²) in [4.78, 5) is 19.1. The summed E-state index contributed by atoms with van der Waals surface area (Å²) in [7, 11) is 0. The Morgan fingerprint density at radius 1 is 1.33 bits per heavy atom. The Balaban J connectivity index is 1.56. The average molecular weight is 366 g/mol. The van der Waals surface area contributed by atoms with Crippen LogP contribution in [0.4, 0.5) is 0 Å². The molecule has 0 unspecified atom stereocenters. The van der Waals surface area contributed by atoms with Gasteiger partial charge < -0.3 is 10.0 Å². The van der Waals surface area contributed by atoms with Crippen LogP contribution >= 0.6 is 0 Å². The monoisotopic (exact) mass is 366 g/mol. The Labute approximate surface area is 157 Å². The zero-order valence-electron chi connectivity index (χ0n) is 15.4. The number of hydrogen-bond donors (Lipinski definition) is 1. The summed E-state index contributed by atoms with van der Waals surface area (Å²) in [6.45, 7) is 5.45. The van der Waals surface area contributed by atoms with Crippen molar-refractivity contribution >= 4 is 5.91 Å². The number of fused-ring (bicyclic) bond motifs is 1. The van der Waals surface area contributed by atoms with Gasteiger partial charge in [0.2, 0.25) is 0 Å². The maximum atomic E-state index is 13.0. The number of nitrogens with zero attached hydrogens (tertiary/aromatic N) is 6. The van der Waals surface area contributed by atoms with Gasteiger partial charge in [0, 0.05) is 12.7 Å². The molecule has 0 saturated heterocycles. The van der Waals surface area contributed by atoms with E-state index in [-0.39, 0.29) is 5.91 Å². The largest absolute Gasteiger partial charge is 0.387 e. The number of aromatic nitrogens is 5. The van der Waals surface area contributed by atoms with Gasteiger partial charge in [-0.15, -0.1) is 0 Å². The van der Waals surface area contributed by atoms with Crippen molar-refractivity contribution in [2.24, 2.45) is 0 Å². The van der Waals surface area contributed by atoms with E-state index in [4.69, 9.17) is 0 Å². The van der Waals surface area contributed by atoms with Gasteiger partial charge in [0.15, 0.2) is 5.82 Å². The maximum Gasteiger partial charge on any atom is 0.257 e. The van der Waals surface area contributed by atoms with Crippen LogP contribution in [0.5, 0.6) is 0 Å². The van der Waals surface area contributed by atoms with Crippen molar-refractivity contribution in [2.45, 2.75) is 39.5 Å². The van der Waals surface area contributed by atoms with E-state index in [0.717, 1.165) is 11.4 Å². The second-order valence-electron chi connectivity index (χ2n) is 6.68. The molecule has 8 heteroatoms. The Kier molecular flexibility index (Phi) is 4.49. The van der Waals surface area contributed by atoms with Gasteiger partial charge in [-0.1, -0.05) is 13.0 Å². The Morgan fingerprint density at radius 2 is 2.19 bits per heavy atom. The van der Waals surface area contributed by atoms with Crippen LogP contribution in [-0.4, -0.2) is 47.0 Å². The molecule has 3 aromatic rings. The molecule has 1 amide bonds. The third kappa shape index (κ3) is 3.12. The van der Waals surface area contributed by atoms with Crippen molar-refractivity contribution in [1.82, 2.24) is 29.4 Å². The molecule has 0 spiro atoms. The minimum Gasteiger partial charge on any atom is -0.387 e. The molecule has 0 aliphatic carbocycles. The first-order valence-corrected chi connectivity index (χ1v) is 9.08. The Hall–Kier alpha value is -3.00. The first kappa shape index (κ1) is 17.4. The molecule has 140 valence electrons. The second kappa shape index (κ2) is 6.96. The van der Waals surface area contributed by atoms with Gasteiger partial charge in [-0.05, 0) is 31.5 Å². The van der Waals surface area contributed by atoms with Crippen LogP contribution in [0.25, 0.3) is 5.82 Å². The van der Waals surface area contributed by atoms with E-state index in [9.17, 15) is 9.90 Å². The molecule has 4 rings (SSSR count). The van der Waals surface area contributed by atoms with E-state index in [2.05, 4.69) is 15.2 Å². The number of rotatable bonds is 4. The number of aliphatic hydroxyl groups excluding tert-OH is 1. The van der Waals surface area contributed by atoms with Gasteiger partial charge in [0.05, 0.1) is 48.0 Å². The van der Waals surface area contributed by atoms with Gasteiger partial charge in [-0.2, -0.15) is 10.2 Å². The van der Waals surface area contributed by atoms with Crippen molar-refractivity contribution in [1.29, 1.82) is 0 Å². The van der Waals surface area contributed by atoms with Crippen molar-refractivity contribution in [3.05, 3.63) is 59.3 Å². The van der Waals surface area contributed by atoms with Gasteiger partial charge in [-0.25, -0.2) is 9.67 Å². The lowest BCUT2D eigenvalue weighted by Crippen LogP contribution is -2.38. The Morgan fingerprint density at radius 3 is 2.93 bits per heavy atom. The summed E-state index contributed by atoms with van der Waals surface area (Å²) in [5.74, 6) is 0.628. The highest BCUT2D eigenvalue weighted by Gasteiger charge is 2.26. The van der Waals surface area contributed by atoms with Gasteiger partial charge >= 0.3 is 0 Å². The van der Waals surface area contributed by atoms with E-state index >= 15 is 0 Å². The first-order valence-electron chi connectivity index (χ1n) is 9.08. The average Bonchev–Trinajstić information content (AvgIpc) is 3.30. The summed E-state index contributed by atoms with van der Waals surface area (Å²) < 4.78 is 3.55. The number of hydrogen-bond acceptors (Lipinski definition) is 5. The van der Waals surface area contributed by atoms with Crippen LogP contribution in [-0.2, 0) is 13.1 Å². The van der Waals surface area contributed by atoms with Crippen LogP contribution in [0, 0.1) is 6.92 Å². The van der Waals surface area contributed by atoms with Crippen LogP contribution in [0.1, 0.15) is 46.9 Å². The molecule has 0 fully saturated rings. The highest BCUT2D eigenvalue weighted by Crippen LogP contribution is 2.22. The lowest BCUT2D eigenvalue weighted by Gasteiger charge is -2.27. The summed E-state index contributed by atoms with van der Waals surface area (Å²) >= 11 is 0. The fourth-order valence-corrected chi connectivity index (χ4v) is 3.33. The van der Waals surface area contributed by atoms with Crippen LogP contribution < -0.4 is 0 Å². The lowest BCUT2D eigenvalue weighted by molar-refractivity contribution is 0.0705. The fraction of sp³-hybridized carbons (Fsp3) is 0.368. The zero-order valence-corrected chi connectivity index (χ0v) is 15.4. The van der Waals surface area contributed by atoms with Gasteiger partial charge in [-0.3, -0.25) is 9.48 Å². The highest BCUT2D eigenvalue weighted by atomic mass is 16.3. The third-order valence-corrected chi connectivity index (χ3v) is 4.94. The maximum absolute atomic E-state index is 13.0. The first-order chi connectivity index (χ1) is 13.1. The molecular weight excluding hydrogens is 344 g/mol. The molecule has 0 aromatic carbocycles. The number of aliphatic hydroxyl groups is 1. The predicted octanol–water partition coefficient (Wildman–Crippen LogP) is 1.87. The molecule has 0 radical (unpaired) electrons. The lowest BCUT2D eigenvalue weighted by atomic mass is 10.1. The summed E-state index contributed by atoms with van der Waals surface area (Å²) in [5.41, 5.74) is 2.94. The van der Waals surface area contributed by atoms with Crippen molar-refractivity contribution < 1.29 is 9.90 Å². The summed E-state index contributed by atoms with van der Waals surface area (Å²) in [5, 5.41) is 18.8. The molecule has 1 N–H and O–H groups in total. The predicted molar refractivity (Wildman–Crippen MR) is 98.3 cm³/mol. The normalized spacial score (nSPS) is 14.9. The molecule has 8 nitrogen and oxygen atoms in total. The zero-order chi connectivity index (χ0) is 19.0. The minimum absolute atomic E-state index is 0.0558. The number of carbonyl (C=O) groups is 1. The topological polar surface area (TPSA) is 89.1 Å². The molecule has 1 aliphatic rings. The van der Waals surface area contributed by atoms with Crippen molar-refractivity contribution in [3.63, 3.8) is 0 Å². The third-order valence-electron chi connectivity index (χ3n) is 4.94. The standard InChI is InChI=1S/C19H22N6O2/c1-3-17(26)16-10-14-12-23(8-9-24(14)22-16)19(27)15-11-21-25(13(15)2)18-6-4-5-7-20-18/h4-7,10-11,17,26H,3,8-9,12H2,1-2H3/t17-/m0/s1. The van der Waals surface area contributed by atoms with E-state index < -0.39 is 6.10 Å². The molecule has 27 heavy (non-hydrogen) atoms. The molecular formula is C19H22N6O2. The van der Waals surface area contributed by atoms with E-state index in [1.807, 2.05) is 42.8 Å². The molecule has 3 aromatic heterocycles. The van der Waals surface area contributed by atoms with Crippen molar-refractivity contribution in [3.8, 4) is 5.82 Å². The number of carbonyl (C=O) groups excluding carboxylic acids is 1. The second-order valence-corrected chi connectivity index (χ2v) is 6.68. The summed E-state index contributed by atoms with van der Waals surface area (Å²) in [6.07, 6.45) is 3.35. The molecule has 1 atom stereocenters. The van der Waals surface area contributed by atoms with Crippen LogP contribution in [0.3, 0.4) is 0 Å². The highest BCUT2D eigenvalue weighted by molar-refractivity contribution is 5.95. The fourth-order valence-electron chi connectivity index (χ4n) is 3.33. The van der Waals surface area contributed by atoms with E-state index in [1.54, 1.807) is 22.0 Å². The molecule has 4 heterocycles. The van der Waals surface area contributed by atoms with E-state index in [0.29, 0.717) is 43.1 Å². The minimum atomic E-state index is -0.564. The molecule has 0 bridgehead atoms. The number of amides is 1. The van der Waals surface area contributed by atoms with Crippen molar-refractivity contribution in [2.75, 3.05) is 6.54 Å². The van der Waals surface area contributed by atoms with Gasteiger partial charge in [0.25, 0.3) is 5.91 Å². The van der Waals surface area contributed by atoms with E-state index in [1.165, 1.54) is 0 Å². The number of pyridine rings is 1. The van der Waals surface area contributed by atoms with Gasteiger partial charge in [0.1, 0.15) is 0 Å². The smallest absolute Gasteiger partial charge is 0.257 e. The molecule has 1 aliphatic heterocycles. The molecule has 0 saturated carbocycles. The Bertz CT molecular complexity index is 962. The summed E-state index contributed by atoms with van der Waals surface area (Å²) in [6, 6.07) is 7.47. The SMILES string of the molecule is CC[C@H](O)c1cc2n(n1)CCN(C(=O)c1cnn(-c3ccccn3)c1C)C2. The van der Waals surface area contributed by atoms with Crippen LogP contribution in [0.15, 0.2) is 36.7 Å².